The number of hydrogen-bond donors (Lipinski definition) is 2. The molecule has 7 heteroatoms. The Morgan fingerprint density at radius 1 is 0.967 bits per heavy atom. The second-order valence-corrected chi connectivity index (χ2v) is 7.69. The minimum Gasteiger partial charge on any atom is -0.490 e. The molecule has 0 atom stereocenters. The van der Waals surface area contributed by atoms with Gasteiger partial charge in [-0.05, 0) is 56.5 Å². The molecule has 7 nitrogen and oxygen atoms in total. The third-order valence-corrected chi connectivity index (χ3v) is 5.71. The van der Waals surface area contributed by atoms with E-state index in [1.54, 1.807) is 19.6 Å². The summed E-state index contributed by atoms with van der Waals surface area (Å²) in [7, 11) is 3.71. The van der Waals surface area contributed by atoms with Crippen molar-refractivity contribution in [3.63, 3.8) is 0 Å². The van der Waals surface area contributed by atoms with E-state index in [4.69, 9.17) is 9.47 Å². The van der Waals surface area contributed by atoms with E-state index in [2.05, 4.69) is 37.7 Å². The largest absolute Gasteiger partial charge is 0.490 e. The van der Waals surface area contributed by atoms with Gasteiger partial charge in [-0.1, -0.05) is 6.07 Å². The molecule has 3 aromatic rings. The predicted molar refractivity (Wildman–Crippen MR) is 119 cm³/mol. The van der Waals surface area contributed by atoms with Crippen molar-refractivity contribution < 1.29 is 9.47 Å². The summed E-state index contributed by atoms with van der Waals surface area (Å²) in [6, 6.07) is 9.30. The highest BCUT2D eigenvalue weighted by Crippen LogP contribution is 2.30. The molecule has 1 aromatic carbocycles. The number of aromatic nitrogens is 3. The second-order valence-electron chi connectivity index (χ2n) is 7.69. The van der Waals surface area contributed by atoms with Gasteiger partial charge in [0.2, 0.25) is 0 Å². The lowest BCUT2D eigenvalue weighted by molar-refractivity contribution is 0.146. The first-order chi connectivity index (χ1) is 14.8. The summed E-state index contributed by atoms with van der Waals surface area (Å²) < 4.78 is 10.8. The summed E-state index contributed by atoms with van der Waals surface area (Å²) in [6.07, 6.45) is 9.85. The Kier molecular flexibility index (Phi) is 6.71. The zero-order valence-electron chi connectivity index (χ0n) is 17.6. The fraction of sp³-hybridized carbons (Fsp3) is 0.435. The van der Waals surface area contributed by atoms with Crippen LogP contribution >= 0.6 is 0 Å². The van der Waals surface area contributed by atoms with Crippen molar-refractivity contribution in [2.45, 2.75) is 37.8 Å². The van der Waals surface area contributed by atoms with Gasteiger partial charge in [0.25, 0.3) is 0 Å². The van der Waals surface area contributed by atoms with Crippen LogP contribution in [-0.4, -0.2) is 54.4 Å². The highest BCUT2D eigenvalue weighted by molar-refractivity contribution is 5.92. The average Bonchev–Trinajstić information content (AvgIpc) is 2.80. The molecule has 1 aliphatic rings. The summed E-state index contributed by atoms with van der Waals surface area (Å²) in [4.78, 5) is 13.3. The van der Waals surface area contributed by atoms with Crippen LogP contribution in [0.1, 0.15) is 25.7 Å². The molecule has 0 amide bonds. The van der Waals surface area contributed by atoms with E-state index >= 15 is 0 Å². The van der Waals surface area contributed by atoms with Crippen LogP contribution in [0.5, 0.6) is 5.75 Å². The topological polar surface area (TPSA) is 81.2 Å². The number of hydrogen-bond acceptors (Lipinski definition) is 7. The molecule has 4 rings (SSSR count). The smallest absolute Gasteiger partial charge is 0.138 e. The van der Waals surface area contributed by atoms with Crippen LogP contribution in [0.25, 0.3) is 22.0 Å². The summed E-state index contributed by atoms with van der Waals surface area (Å²) in [5, 5.41) is 8.07. The van der Waals surface area contributed by atoms with E-state index < -0.39 is 0 Å². The number of nitrogens with one attached hydrogen (secondary N) is 2. The molecule has 0 saturated heterocycles. The number of methoxy groups -OCH3 is 1. The van der Waals surface area contributed by atoms with Gasteiger partial charge in [0.15, 0.2) is 0 Å². The zero-order valence-corrected chi connectivity index (χ0v) is 17.6. The van der Waals surface area contributed by atoms with Gasteiger partial charge in [-0.2, -0.15) is 0 Å². The van der Waals surface area contributed by atoms with Crippen molar-refractivity contribution in [3.8, 4) is 16.9 Å². The van der Waals surface area contributed by atoms with Gasteiger partial charge in [0.1, 0.15) is 24.5 Å². The lowest BCUT2D eigenvalue weighted by atomic mass is 9.91. The minimum absolute atomic E-state index is 0.440. The summed E-state index contributed by atoms with van der Waals surface area (Å²) in [6.45, 7) is 1.04. The molecule has 0 spiro atoms. The van der Waals surface area contributed by atoms with Gasteiger partial charge in [-0.3, -0.25) is 4.98 Å². The number of benzene rings is 1. The molecule has 2 heterocycles. The van der Waals surface area contributed by atoms with Crippen LogP contribution in [0.4, 0.5) is 5.82 Å². The van der Waals surface area contributed by atoms with Gasteiger partial charge < -0.3 is 20.1 Å². The fourth-order valence-corrected chi connectivity index (χ4v) is 3.97. The van der Waals surface area contributed by atoms with Crippen molar-refractivity contribution in [2.24, 2.45) is 0 Å². The molecule has 0 radical (unpaired) electrons. The lowest BCUT2D eigenvalue weighted by Crippen LogP contribution is -2.35. The van der Waals surface area contributed by atoms with Gasteiger partial charge >= 0.3 is 0 Å². The number of fused-ring (bicyclic) bond motifs is 1. The Morgan fingerprint density at radius 3 is 2.60 bits per heavy atom. The van der Waals surface area contributed by atoms with Gasteiger partial charge in [-0.25, -0.2) is 9.97 Å². The molecule has 0 unspecified atom stereocenters. The zero-order chi connectivity index (χ0) is 20.8. The maximum atomic E-state index is 5.71. The number of ether oxygens (including phenoxy) is 2. The Labute approximate surface area is 177 Å². The van der Waals surface area contributed by atoms with E-state index in [-0.39, 0.29) is 0 Å². The second kappa shape index (κ2) is 9.82. The van der Waals surface area contributed by atoms with Crippen molar-refractivity contribution >= 4 is 16.7 Å². The molecule has 1 fully saturated rings. The van der Waals surface area contributed by atoms with E-state index in [9.17, 15) is 0 Å². The molecular formula is C23H29N5O2. The third-order valence-electron chi connectivity index (χ3n) is 5.71. The summed E-state index contributed by atoms with van der Waals surface area (Å²) >= 11 is 0. The summed E-state index contributed by atoms with van der Waals surface area (Å²) in [5.41, 5.74) is 2.99. The molecule has 30 heavy (non-hydrogen) atoms. The average molecular weight is 408 g/mol. The number of nitrogens with zero attached hydrogens (tertiary/aromatic N) is 3. The van der Waals surface area contributed by atoms with Crippen LogP contribution in [0.2, 0.25) is 0 Å². The molecule has 2 N–H and O–H groups in total. The highest BCUT2D eigenvalue weighted by Gasteiger charge is 2.20. The van der Waals surface area contributed by atoms with Crippen LogP contribution in [0, 0.1) is 0 Å². The fourth-order valence-electron chi connectivity index (χ4n) is 3.97. The van der Waals surface area contributed by atoms with Crippen LogP contribution < -0.4 is 15.4 Å². The van der Waals surface area contributed by atoms with Crippen LogP contribution in [-0.2, 0) is 4.74 Å². The number of anilines is 1. The molecule has 2 aromatic heterocycles. The summed E-state index contributed by atoms with van der Waals surface area (Å²) in [5.74, 6) is 1.63. The van der Waals surface area contributed by atoms with Crippen molar-refractivity contribution in [3.05, 3.63) is 43.0 Å². The van der Waals surface area contributed by atoms with Gasteiger partial charge in [0.05, 0.1) is 18.3 Å². The molecule has 0 aliphatic heterocycles. The monoisotopic (exact) mass is 407 g/mol. The number of pyridine rings is 1. The SMILES string of the molecule is CNC1CCC(Nc2ncnc3ccc(-c4cncc(OCCOC)c4)cc23)CC1. The highest BCUT2D eigenvalue weighted by atomic mass is 16.5. The standard InChI is InChI=1S/C23H29N5O2/c1-24-18-4-6-19(7-5-18)28-23-21-12-16(3-8-22(21)26-15-27-23)17-11-20(14-25-13-17)30-10-9-29-2/h3,8,11-15,18-19,24H,4-7,9-10H2,1-2H3,(H,26,27,28). The molecule has 0 bridgehead atoms. The Hall–Kier alpha value is -2.77. The molecule has 1 saturated carbocycles. The quantitative estimate of drug-likeness (QED) is 0.552. The van der Waals surface area contributed by atoms with Crippen molar-refractivity contribution in [2.75, 3.05) is 32.7 Å². The minimum atomic E-state index is 0.440. The van der Waals surface area contributed by atoms with Crippen LogP contribution in [0.3, 0.4) is 0 Å². The lowest BCUT2D eigenvalue weighted by Gasteiger charge is -2.29. The van der Waals surface area contributed by atoms with Crippen molar-refractivity contribution in [1.29, 1.82) is 0 Å². The van der Waals surface area contributed by atoms with Crippen LogP contribution in [0.15, 0.2) is 43.0 Å². The Balaban J connectivity index is 1.56. The first-order valence-electron chi connectivity index (χ1n) is 10.5. The van der Waals surface area contributed by atoms with E-state index in [1.807, 2.05) is 25.4 Å². The third kappa shape index (κ3) is 4.86. The maximum Gasteiger partial charge on any atom is 0.138 e. The number of rotatable bonds is 8. The normalized spacial score (nSPS) is 19.0. The Morgan fingerprint density at radius 2 is 1.80 bits per heavy atom. The van der Waals surface area contributed by atoms with E-state index in [0.29, 0.717) is 25.3 Å². The predicted octanol–water partition coefficient (Wildman–Crippen LogP) is 3.66. The maximum absolute atomic E-state index is 5.71. The molecule has 1 aliphatic carbocycles. The Bertz CT molecular complexity index is 973. The van der Waals surface area contributed by atoms with E-state index in [0.717, 1.165) is 46.4 Å². The first kappa shape index (κ1) is 20.5. The molecular weight excluding hydrogens is 378 g/mol. The molecule has 158 valence electrons. The van der Waals surface area contributed by atoms with Gasteiger partial charge in [0, 0.05) is 36.3 Å². The van der Waals surface area contributed by atoms with Crippen molar-refractivity contribution in [1.82, 2.24) is 20.3 Å². The van der Waals surface area contributed by atoms with Gasteiger partial charge in [-0.15, -0.1) is 0 Å². The first-order valence-corrected chi connectivity index (χ1v) is 10.5. The van der Waals surface area contributed by atoms with E-state index in [1.165, 1.54) is 12.8 Å².